The molecule has 2 aliphatic rings. The van der Waals surface area contributed by atoms with Crippen molar-refractivity contribution in [1.29, 1.82) is 0 Å². The summed E-state index contributed by atoms with van der Waals surface area (Å²) in [6.07, 6.45) is 16.2. The van der Waals surface area contributed by atoms with Crippen molar-refractivity contribution >= 4 is 18.4 Å². The SMILES string of the molecule is C#CCN1CCOCC1.CCC[CH2][Sn](/[CH]=C/CN1CCOCC1)([CH2]CCC)[CH2]CCC. The zero-order valence-electron chi connectivity index (χ0n) is 20.9. The minimum atomic E-state index is -2.03. The fourth-order valence-electron chi connectivity index (χ4n) is 4.34. The van der Waals surface area contributed by atoms with Crippen molar-refractivity contribution in [1.82, 2.24) is 9.80 Å². The van der Waals surface area contributed by atoms with E-state index < -0.39 is 18.4 Å². The molecule has 0 spiro atoms. The Morgan fingerprint density at radius 1 is 0.774 bits per heavy atom. The molecule has 0 amide bonds. The van der Waals surface area contributed by atoms with Gasteiger partial charge in [0.2, 0.25) is 0 Å². The number of terminal acetylenes is 1. The van der Waals surface area contributed by atoms with Gasteiger partial charge in [0.1, 0.15) is 0 Å². The number of hydrogen-bond donors (Lipinski definition) is 0. The molecule has 0 saturated carbocycles. The van der Waals surface area contributed by atoms with E-state index in [-0.39, 0.29) is 0 Å². The van der Waals surface area contributed by atoms with E-state index in [1.54, 1.807) is 13.3 Å². The van der Waals surface area contributed by atoms with Gasteiger partial charge in [-0.25, -0.2) is 0 Å². The van der Waals surface area contributed by atoms with Gasteiger partial charge in [0.15, 0.2) is 0 Å². The summed E-state index contributed by atoms with van der Waals surface area (Å²) in [6, 6.07) is 0. The maximum absolute atomic E-state index is 5.45. The van der Waals surface area contributed by atoms with Crippen LogP contribution in [0.3, 0.4) is 0 Å². The number of morpholine rings is 2. The molecule has 0 aromatic heterocycles. The molecular formula is C26H50N2O2Sn. The second-order valence-corrected chi connectivity index (χ2v) is 22.1. The third kappa shape index (κ3) is 13.9. The molecule has 2 aliphatic heterocycles. The van der Waals surface area contributed by atoms with Crippen molar-refractivity contribution in [3.8, 4) is 12.3 Å². The number of unbranched alkanes of at least 4 members (excludes halogenated alkanes) is 3. The molecule has 0 aromatic carbocycles. The molecule has 0 unspecified atom stereocenters. The molecular weight excluding hydrogens is 491 g/mol. The zero-order valence-corrected chi connectivity index (χ0v) is 23.7. The van der Waals surface area contributed by atoms with Crippen LogP contribution in [-0.4, -0.2) is 93.9 Å². The second-order valence-electron chi connectivity index (χ2n) is 9.08. The number of hydrogen-bond acceptors (Lipinski definition) is 4. The van der Waals surface area contributed by atoms with E-state index in [4.69, 9.17) is 15.9 Å². The third-order valence-electron chi connectivity index (χ3n) is 6.44. The van der Waals surface area contributed by atoms with Gasteiger partial charge in [-0.05, 0) is 0 Å². The Bertz CT molecular complexity index is 459. The van der Waals surface area contributed by atoms with Crippen molar-refractivity contribution in [2.75, 3.05) is 65.7 Å². The first kappa shape index (κ1) is 29.0. The standard InChI is InChI=1S/C7H12NO.C7H11NO.3C4H9.Sn/c2*1-2-3-8-4-6-9-7-5-8;3*1-3-4-2;/h1-2H,3-7H2;1H,3-7H2;3*1,3-4H2,2H3;. The van der Waals surface area contributed by atoms with Crippen LogP contribution in [0.15, 0.2) is 10.2 Å². The molecule has 0 aromatic rings. The zero-order chi connectivity index (χ0) is 22.6. The van der Waals surface area contributed by atoms with Gasteiger partial charge in [0.05, 0.1) is 19.8 Å². The average Bonchev–Trinajstić information content (AvgIpc) is 2.82. The molecule has 0 radical (unpaired) electrons. The van der Waals surface area contributed by atoms with E-state index in [1.807, 2.05) is 0 Å². The van der Waals surface area contributed by atoms with Crippen molar-refractivity contribution in [2.24, 2.45) is 0 Å². The predicted molar refractivity (Wildman–Crippen MR) is 137 cm³/mol. The van der Waals surface area contributed by atoms with E-state index in [2.05, 4.69) is 46.7 Å². The fraction of sp³-hybridized carbons (Fsp3) is 0.846. The first-order chi connectivity index (χ1) is 15.2. The van der Waals surface area contributed by atoms with Gasteiger partial charge >= 0.3 is 144 Å². The van der Waals surface area contributed by atoms with Gasteiger partial charge in [-0.2, -0.15) is 0 Å². The Labute approximate surface area is 198 Å². The summed E-state index contributed by atoms with van der Waals surface area (Å²) in [5.41, 5.74) is 0. The number of ether oxygens (including phenoxy) is 2. The molecule has 31 heavy (non-hydrogen) atoms. The van der Waals surface area contributed by atoms with E-state index >= 15 is 0 Å². The van der Waals surface area contributed by atoms with Crippen LogP contribution >= 0.6 is 0 Å². The first-order valence-electron chi connectivity index (χ1n) is 12.9. The molecule has 0 N–H and O–H groups in total. The van der Waals surface area contributed by atoms with Crippen molar-refractivity contribution < 1.29 is 9.47 Å². The van der Waals surface area contributed by atoms with Crippen LogP contribution in [0.25, 0.3) is 0 Å². The molecule has 2 heterocycles. The van der Waals surface area contributed by atoms with E-state index in [1.165, 1.54) is 38.5 Å². The summed E-state index contributed by atoms with van der Waals surface area (Å²) < 4.78 is 18.2. The topological polar surface area (TPSA) is 24.9 Å². The van der Waals surface area contributed by atoms with Crippen molar-refractivity contribution in [3.63, 3.8) is 0 Å². The van der Waals surface area contributed by atoms with Crippen LogP contribution in [0.4, 0.5) is 0 Å². The van der Waals surface area contributed by atoms with Gasteiger partial charge in [-0.15, -0.1) is 6.42 Å². The summed E-state index contributed by atoms with van der Waals surface area (Å²) in [6.45, 7) is 16.7. The van der Waals surface area contributed by atoms with Crippen LogP contribution in [0.5, 0.6) is 0 Å². The molecule has 180 valence electrons. The summed E-state index contributed by atoms with van der Waals surface area (Å²) >= 11 is -2.03. The van der Waals surface area contributed by atoms with Crippen LogP contribution in [-0.2, 0) is 9.47 Å². The van der Waals surface area contributed by atoms with Crippen LogP contribution in [0, 0.1) is 12.3 Å². The van der Waals surface area contributed by atoms with Crippen molar-refractivity contribution in [2.45, 2.75) is 72.6 Å². The Morgan fingerprint density at radius 3 is 1.65 bits per heavy atom. The molecule has 0 aliphatic carbocycles. The van der Waals surface area contributed by atoms with Crippen molar-refractivity contribution in [3.05, 3.63) is 10.2 Å². The van der Waals surface area contributed by atoms with Gasteiger partial charge in [0, 0.05) is 13.1 Å². The van der Waals surface area contributed by atoms with Gasteiger partial charge in [-0.1, -0.05) is 5.92 Å². The Morgan fingerprint density at radius 2 is 1.23 bits per heavy atom. The molecule has 2 saturated heterocycles. The second kappa shape index (κ2) is 19.4. The van der Waals surface area contributed by atoms with Gasteiger partial charge in [-0.3, -0.25) is 4.90 Å². The quantitative estimate of drug-likeness (QED) is 0.236. The monoisotopic (exact) mass is 542 g/mol. The summed E-state index contributed by atoms with van der Waals surface area (Å²) in [4.78, 5) is 4.76. The molecule has 0 atom stereocenters. The molecule has 5 heteroatoms. The average molecular weight is 541 g/mol. The fourth-order valence-corrected chi connectivity index (χ4v) is 18.7. The predicted octanol–water partition coefficient (Wildman–Crippen LogP) is 5.21. The van der Waals surface area contributed by atoms with Crippen LogP contribution in [0.1, 0.15) is 59.3 Å². The number of nitrogens with zero attached hydrogens (tertiary/aromatic N) is 2. The Hall–Kier alpha value is -0.0613. The summed E-state index contributed by atoms with van der Waals surface area (Å²) in [7, 11) is 0. The molecule has 2 fully saturated rings. The van der Waals surface area contributed by atoms with E-state index in [0.717, 1.165) is 65.7 Å². The molecule has 2 rings (SSSR count). The maximum atomic E-state index is 5.45. The Balaban J connectivity index is 0.000000442. The van der Waals surface area contributed by atoms with Crippen LogP contribution < -0.4 is 0 Å². The minimum absolute atomic E-state index is 0.767. The summed E-state index contributed by atoms with van der Waals surface area (Å²) in [5, 5.41) is 0. The van der Waals surface area contributed by atoms with Gasteiger partial charge in [0.25, 0.3) is 0 Å². The van der Waals surface area contributed by atoms with Gasteiger partial charge < -0.3 is 4.74 Å². The first-order valence-corrected chi connectivity index (χ1v) is 20.6. The van der Waals surface area contributed by atoms with Crippen LogP contribution in [0.2, 0.25) is 13.3 Å². The van der Waals surface area contributed by atoms with E-state index in [0.29, 0.717) is 0 Å². The molecule has 0 bridgehead atoms. The third-order valence-corrected chi connectivity index (χ3v) is 20.7. The summed E-state index contributed by atoms with van der Waals surface area (Å²) in [5.74, 6) is 2.61. The normalized spacial score (nSPS) is 18.5. The molecule has 4 nitrogen and oxygen atoms in total. The Kier molecular flexibility index (Phi) is 18.1. The number of rotatable bonds is 13. The van der Waals surface area contributed by atoms with E-state index in [9.17, 15) is 0 Å².